The number of methoxy groups -OCH3 is 1. The maximum absolute atomic E-state index is 12.8. The van der Waals surface area contributed by atoms with E-state index in [0.717, 1.165) is 23.8 Å². The van der Waals surface area contributed by atoms with E-state index in [1.807, 2.05) is 31.2 Å². The molecule has 0 saturated carbocycles. The molecule has 0 amide bonds. The smallest absolute Gasteiger partial charge is 0.416 e. The summed E-state index contributed by atoms with van der Waals surface area (Å²) in [6.07, 6.45) is -2.93. The molecular weight excluding hydrogens is 327 g/mol. The fourth-order valence-corrected chi connectivity index (χ4v) is 2.80. The van der Waals surface area contributed by atoms with Crippen LogP contribution in [0.1, 0.15) is 43.0 Å². The third-order valence-corrected chi connectivity index (χ3v) is 4.25. The van der Waals surface area contributed by atoms with E-state index in [4.69, 9.17) is 4.74 Å². The van der Waals surface area contributed by atoms with Crippen molar-refractivity contribution in [1.82, 2.24) is 5.32 Å². The summed E-state index contributed by atoms with van der Waals surface area (Å²) in [5.41, 5.74) is 1.23. The van der Waals surface area contributed by atoms with Crippen molar-refractivity contribution in [3.63, 3.8) is 0 Å². The summed E-state index contributed by atoms with van der Waals surface area (Å²) in [5, 5.41) is 3.48. The molecule has 136 valence electrons. The largest absolute Gasteiger partial charge is 0.497 e. The van der Waals surface area contributed by atoms with Crippen LogP contribution < -0.4 is 10.1 Å². The Bertz CT molecular complexity index is 685. The molecule has 0 bridgehead atoms. The van der Waals surface area contributed by atoms with Gasteiger partial charge >= 0.3 is 6.18 Å². The number of aryl methyl sites for hydroxylation is 1. The van der Waals surface area contributed by atoms with Gasteiger partial charge in [0, 0.05) is 12.1 Å². The molecular formula is C20H24F3NO. The van der Waals surface area contributed by atoms with Gasteiger partial charge in [-0.25, -0.2) is 0 Å². The fraction of sp³-hybridized carbons (Fsp3) is 0.400. The second-order valence-corrected chi connectivity index (χ2v) is 6.30. The summed E-state index contributed by atoms with van der Waals surface area (Å²) < 4.78 is 43.5. The average molecular weight is 351 g/mol. The molecule has 2 atom stereocenters. The van der Waals surface area contributed by atoms with Crippen molar-refractivity contribution in [1.29, 1.82) is 0 Å². The zero-order chi connectivity index (χ0) is 18.4. The number of rotatable bonds is 7. The Kier molecular flexibility index (Phi) is 6.48. The van der Waals surface area contributed by atoms with Crippen LogP contribution in [0.2, 0.25) is 0 Å². The lowest BCUT2D eigenvalue weighted by Gasteiger charge is -2.21. The van der Waals surface area contributed by atoms with Gasteiger partial charge < -0.3 is 10.1 Å². The predicted molar refractivity (Wildman–Crippen MR) is 93.8 cm³/mol. The quantitative estimate of drug-likeness (QED) is 0.722. The minimum Gasteiger partial charge on any atom is -0.497 e. The topological polar surface area (TPSA) is 21.3 Å². The van der Waals surface area contributed by atoms with Crippen LogP contribution in [0, 0.1) is 0 Å². The van der Waals surface area contributed by atoms with E-state index in [-0.39, 0.29) is 12.1 Å². The second-order valence-electron chi connectivity index (χ2n) is 6.30. The normalized spacial score (nSPS) is 14.2. The highest BCUT2D eigenvalue weighted by atomic mass is 19.4. The van der Waals surface area contributed by atoms with Gasteiger partial charge in [0.15, 0.2) is 0 Å². The van der Waals surface area contributed by atoms with Crippen LogP contribution in [-0.2, 0) is 12.6 Å². The monoisotopic (exact) mass is 351 g/mol. The summed E-state index contributed by atoms with van der Waals surface area (Å²) in [6, 6.07) is 13.7. The molecule has 2 aromatic rings. The Morgan fingerprint density at radius 3 is 2.44 bits per heavy atom. The highest BCUT2D eigenvalue weighted by Crippen LogP contribution is 2.29. The minimum atomic E-state index is -4.29. The molecule has 0 unspecified atom stereocenters. The third-order valence-electron chi connectivity index (χ3n) is 4.25. The van der Waals surface area contributed by atoms with Gasteiger partial charge in [-0.2, -0.15) is 13.2 Å². The van der Waals surface area contributed by atoms with Crippen LogP contribution in [0.3, 0.4) is 0 Å². The predicted octanol–water partition coefficient (Wildman–Crippen LogP) is 5.39. The zero-order valence-corrected chi connectivity index (χ0v) is 14.7. The van der Waals surface area contributed by atoms with Crippen molar-refractivity contribution in [3.8, 4) is 5.75 Å². The summed E-state index contributed by atoms with van der Waals surface area (Å²) in [6.45, 7) is 4.11. The van der Waals surface area contributed by atoms with Crippen molar-refractivity contribution in [2.75, 3.05) is 7.11 Å². The number of hydrogen-bond acceptors (Lipinski definition) is 2. The van der Waals surface area contributed by atoms with Gasteiger partial charge in [0.05, 0.1) is 12.7 Å². The van der Waals surface area contributed by atoms with Crippen LogP contribution in [0.4, 0.5) is 13.2 Å². The molecule has 0 aliphatic carbocycles. The van der Waals surface area contributed by atoms with Crippen LogP contribution in [0.15, 0.2) is 48.5 Å². The second kappa shape index (κ2) is 8.39. The Morgan fingerprint density at radius 1 is 1.04 bits per heavy atom. The summed E-state index contributed by atoms with van der Waals surface area (Å²) in [7, 11) is 1.63. The summed E-state index contributed by atoms with van der Waals surface area (Å²) >= 11 is 0. The molecule has 0 saturated heterocycles. The molecule has 5 heteroatoms. The number of alkyl halides is 3. The molecule has 25 heavy (non-hydrogen) atoms. The zero-order valence-electron chi connectivity index (χ0n) is 14.7. The molecule has 0 radical (unpaired) electrons. The van der Waals surface area contributed by atoms with Gasteiger partial charge in [0.2, 0.25) is 0 Å². The molecule has 0 aromatic heterocycles. The number of halogens is 3. The molecule has 0 spiro atoms. The fourth-order valence-electron chi connectivity index (χ4n) is 2.80. The first-order valence-corrected chi connectivity index (χ1v) is 8.35. The average Bonchev–Trinajstić information content (AvgIpc) is 2.59. The Morgan fingerprint density at radius 2 is 1.76 bits per heavy atom. The summed E-state index contributed by atoms with van der Waals surface area (Å²) in [5.74, 6) is 0.808. The summed E-state index contributed by atoms with van der Waals surface area (Å²) in [4.78, 5) is 0. The van der Waals surface area contributed by atoms with Crippen LogP contribution in [-0.4, -0.2) is 13.2 Å². The first-order chi connectivity index (χ1) is 11.8. The van der Waals surface area contributed by atoms with Crippen molar-refractivity contribution in [2.24, 2.45) is 0 Å². The lowest BCUT2D eigenvalue weighted by Crippen LogP contribution is -2.29. The van der Waals surface area contributed by atoms with Crippen molar-refractivity contribution >= 4 is 0 Å². The maximum atomic E-state index is 12.8. The van der Waals surface area contributed by atoms with Gasteiger partial charge in [-0.05, 0) is 56.0 Å². The number of nitrogens with one attached hydrogen (secondary N) is 1. The van der Waals surface area contributed by atoms with E-state index in [1.165, 1.54) is 12.1 Å². The number of hydrogen-bond donors (Lipinski definition) is 1. The molecule has 2 nitrogen and oxygen atoms in total. The molecule has 0 aliphatic heterocycles. The van der Waals surface area contributed by atoms with Gasteiger partial charge in [0.25, 0.3) is 0 Å². The molecule has 2 rings (SSSR count). The standard InChI is InChI=1S/C20H24F3NO/c1-14(24-15(2)17-7-5-9-19(13-17)25-3)10-11-16-6-4-8-18(12-16)20(21,22)23/h4-9,12-15,24H,10-11H2,1-3H3/t14-,15+/m0/s1. The van der Waals surface area contributed by atoms with E-state index in [2.05, 4.69) is 12.2 Å². The first kappa shape index (κ1) is 19.3. The highest BCUT2D eigenvalue weighted by molar-refractivity contribution is 5.30. The van der Waals surface area contributed by atoms with Gasteiger partial charge in [-0.3, -0.25) is 0 Å². The van der Waals surface area contributed by atoms with E-state index in [1.54, 1.807) is 13.2 Å². The Labute approximate surface area is 147 Å². The van der Waals surface area contributed by atoms with E-state index >= 15 is 0 Å². The number of benzene rings is 2. The van der Waals surface area contributed by atoms with Gasteiger partial charge in [-0.15, -0.1) is 0 Å². The first-order valence-electron chi connectivity index (χ1n) is 8.35. The molecule has 0 aliphatic rings. The Balaban J connectivity index is 1.91. The minimum absolute atomic E-state index is 0.131. The lowest BCUT2D eigenvalue weighted by atomic mass is 10.0. The van der Waals surface area contributed by atoms with Crippen LogP contribution in [0.5, 0.6) is 5.75 Å². The van der Waals surface area contributed by atoms with Crippen LogP contribution in [0.25, 0.3) is 0 Å². The molecule has 0 fully saturated rings. The molecule has 2 aromatic carbocycles. The highest BCUT2D eigenvalue weighted by Gasteiger charge is 2.30. The van der Waals surface area contributed by atoms with Gasteiger partial charge in [-0.1, -0.05) is 30.3 Å². The lowest BCUT2D eigenvalue weighted by molar-refractivity contribution is -0.137. The third kappa shape index (κ3) is 5.78. The Hall–Kier alpha value is -2.01. The number of ether oxygens (including phenoxy) is 1. The maximum Gasteiger partial charge on any atom is 0.416 e. The van der Waals surface area contributed by atoms with E-state index in [9.17, 15) is 13.2 Å². The van der Waals surface area contributed by atoms with Crippen molar-refractivity contribution in [2.45, 2.75) is 44.9 Å². The van der Waals surface area contributed by atoms with Crippen molar-refractivity contribution < 1.29 is 17.9 Å². The van der Waals surface area contributed by atoms with E-state index < -0.39 is 11.7 Å². The molecule has 0 heterocycles. The van der Waals surface area contributed by atoms with Crippen LogP contribution >= 0.6 is 0 Å². The van der Waals surface area contributed by atoms with E-state index in [0.29, 0.717) is 12.0 Å². The van der Waals surface area contributed by atoms with Crippen molar-refractivity contribution in [3.05, 3.63) is 65.2 Å². The SMILES string of the molecule is COc1cccc([C@@H](C)N[C@@H](C)CCc2cccc(C(F)(F)F)c2)c1. The molecule has 1 N–H and O–H groups in total. The van der Waals surface area contributed by atoms with Gasteiger partial charge in [0.1, 0.15) is 5.75 Å².